The van der Waals surface area contributed by atoms with E-state index < -0.39 is 27.0 Å². The summed E-state index contributed by atoms with van der Waals surface area (Å²) in [6.07, 6.45) is 3.82. The SMILES string of the molecule is CCCCCCOc1cccc(CC(P(=O)(O)O)P(=O)(O)O)c1. The molecular formula is C14H24O7P2. The molecule has 0 amide bonds. The molecule has 1 rings (SSSR count). The average molecular weight is 366 g/mol. The number of benzene rings is 1. The highest BCUT2D eigenvalue weighted by molar-refractivity contribution is 7.70. The van der Waals surface area contributed by atoms with Crippen LogP contribution in [0.5, 0.6) is 5.75 Å². The highest BCUT2D eigenvalue weighted by atomic mass is 31.2. The van der Waals surface area contributed by atoms with E-state index in [-0.39, 0.29) is 0 Å². The molecule has 4 N–H and O–H groups in total. The van der Waals surface area contributed by atoms with Gasteiger partial charge in [0.05, 0.1) is 6.61 Å². The second kappa shape index (κ2) is 8.97. The summed E-state index contributed by atoms with van der Waals surface area (Å²) in [6.45, 7) is 2.65. The van der Waals surface area contributed by atoms with Crippen molar-refractivity contribution in [3.8, 4) is 5.75 Å². The predicted octanol–water partition coefficient (Wildman–Crippen LogP) is 2.87. The van der Waals surface area contributed by atoms with Crippen LogP contribution in [0.15, 0.2) is 24.3 Å². The molecule has 7 nitrogen and oxygen atoms in total. The molecule has 0 saturated heterocycles. The van der Waals surface area contributed by atoms with Gasteiger partial charge in [-0.25, -0.2) is 0 Å². The van der Waals surface area contributed by atoms with Gasteiger partial charge in [0.15, 0.2) is 5.40 Å². The van der Waals surface area contributed by atoms with Crippen molar-refractivity contribution in [1.82, 2.24) is 0 Å². The van der Waals surface area contributed by atoms with Crippen LogP contribution in [0.3, 0.4) is 0 Å². The second-order valence-corrected chi connectivity index (χ2v) is 9.43. The average Bonchev–Trinajstić information content (AvgIpc) is 2.43. The van der Waals surface area contributed by atoms with E-state index in [1.165, 1.54) is 0 Å². The largest absolute Gasteiger partial charge is 0.494 e. The van der Waals surface area contributed by atoms with Gasteiger partial charge in [-0.05, 0) is 30.5 Å². The maximum Gasteiger partial charge on any atom is 0.341 e. The molecule has 23 heavy (non-hydrogen) atoms. The van der Waals surface area contributed by atoms with Crippen molar-refractivity contribution in [2.24, 2.45) is 0 Å². The number of ether oxygens (including phenoxy) is 1. The first-order chi connectivity index (χ1) is 10.6. The molecule has 1 aromatic rings. The molecule has 0 saturated carbocycles. The lowest BCUT2D eigenvalue weighted by Crippen LogP contribution is -2.12. The summed E-state index contributed by atoms with van der Waals surface area (Å²) >= 11 is 0. The molecule has 132 valence electrons. The van der Waals surface area contributed by atoms with E-state index in [0.29, 0.717) is 17.9 Å². The first-order valence-corrected chi connectivity index (χ1v) is 10.8. The zero-order chi connectivity index (χ0) is 17.5. The number of hydrogen-bond donors (Lipinski definition) is 4. The summed E-state index contributed by atoms with van der Waals surface area (Å²) in [7, 11) is -9.83. The van der Waals surface area contributed by atoms with E-state index in [1.807, 2.05) is 0 Å². The van der Waals surface area contributed by atoms with E-state index in [4.69, 9.17) is 24.3 Å². The Morgan fingerprint density at radius 1 is 1.04 bits per heavy atom. The number of unbranched alkanes of at least 4 members (excludes halogenated alkanes) is 3. The minimum absolute atomic E-state index is 0.410. The molecule has 0 aliphatic rings. The Kier molecular flexibility index (Phi) is 7.95. The first kappa shape index (κ1) is 20.4. The van der Waals surface area contributed by atoms with Crippen LogP contribution in [0, 0.1) is 0 Å². The van der Waals surface area contributed by atoms with E-state index in [2.05, 4.69) is 6.92 Å². The lowest BCUT2D eigenvalue weighted by atomic mass is 10.1. The molecule has 0 aliphatic heterocycles. The van der Waals surface area contributed by atoms with Crippen LogP contribution in [-0.2, 0) is 15.6 Å². The van der Waals surface area contributed by atoms with Crippen LogP contribution in [0.2, 0.25) is 0 Å². The first-order valence-electron chi connectivity index (χ1n) is 7.46. The van der Waals surface area contributed by atoms with Gasteiger partial charge in [0, 0.05) is 0 Å². The molecule has 9 heteroatoms. The Labute approximate surface area is 136 Å². The number of hydrogen-bond acceptors (Lipinski definition) is 3. The minimum Gasteiger partial charge on any atom is -0.494 e. The monoisotopic (exact) mass is 366 g/mol. The standard InChI is InChI=1S/C14H24O7P2/c1-2-3-4-5-9-21-13-8-6-7-12(10-13)11-14(22(15,16)17)23(18,19)20/h6-8,10,14H,2-5,9,11H2,1H3,(H2,15,16,17)(H2,18,19,20). The van der Waals surface area contributed by atoms with Crippen molar-refractivity contribution in [2.75, 3.05) is 6.61 Å². The summed E-state index contributed by atoms with van der Waals surface area (Å²) < 4.78 is 28.2. The molecule has 0 spiro atoms. The van der Waals surface area contributed by atoms with Crippen molar-refractivity contribution in [2.45, 2.75) is 44.4 Å². The van der Waals surface area contributed by atoms with Crippen LogP contribution >= 0.6 is 15.2 Å². The summed E-state index contributed by atoms with van der Waals surface area (Å²) in [4.78, 5) is 36.6. The van der Waals surface area contributed by atoms with Crippen molar-refractivity contribution in [3.63, 3.8) is 0 Å². The highest BCUT2D eigenvalue weighted by Gasteiger charge is 2.43. The van der Waals surface area contributed by atoms with Gasteiger partial charge < -0.3 is 24.3 Å². The fourth-order valence-electron chi connectivity index (χ4n) is 2.13. The lowest BCUT2D eigenvalue weighted by Gasteiger charge is -2.19. The second-order valence-electron chi connectivity index (χ2n) is 5.42. The van der Waals surface area contributed by atoms with Crippen LogP contribution in [0.1, 0.15) is 38.2 Å². The summed E-state index contributed by atoms with van der Waals surface area (Å²) in [5, 5.41) is -2.03. The van der Waals surface area contributed by atoms with Crippen LogP contribution in [0.25, 0.3) is 0 Å². The van der Waals surface area contributed by atoms with Crippen molar-refractivity contribution in [3.05, 3.63) is 29.8 Å². The number of rotatable bonds is 10. The Balaban J connectivity index is 2.72. The van der Waals surface area contributed by atoms with Crippen molar-refractivity contribution >= 4 is 15.2 Å². The lowest BCUT2D eigenvalue weighted by molar-refractivity contribution is 0.304. The summed E-state index contributed by atoms with van der Waals surface area (Å²) in [5.41, 5.74) is 0.410. The van der Waals surface area contributed by atoms with Gasteiger partial charge in [-0.1, -0.05) is 38.3 Å². The Bertz CT molecular complexity index is 556. The molecular weight excluding hydrogens is 342 g/mol. The van der Waals surface area contributed by atoms with Gasteiger partial charge in [-0.15, -0.1) is 0 Å². The normalized spacial score (nSPS) is 12.6. The Morgan fingerprint density at radius 2 is 1.70 bits per heavy atom. The van der Waals surface area contributed by atoms with Gasteiger partial charge in [-0.3, -0.25) is 9.13 Å². The molecule has 0 unspecified atom stereocenters. The quantitative estimate of drug-likeness (QED) is 0.371. The third-order valence-electron chi connectivity index (χ3n) is 3.36. The molecule has 0 aliphatic carbocycles. The van der Waals surface area contributed by atoms with E-state index in [0.717, 1.165) is 25.7 Å². The van der Waals surface area contributed by atoms with Crippen LogP contribution in [0.4, 0.5) is 0 Å². The topological polar surface area (TPSA) is 124 Å². The Hall–Kier alpha value is -0.680. The van der Waals surface area contributed by atoms with Crippen molar-refractivity contribution < 1.29 is 33.4 Å². The van der Waals surface area contributed by atoms with E-state index in [9.17, 15) is 9.13 Å². The summed E-state index contributed by atoms with van der Waals surface area (Å²) in [6, 6.07) is 6.45. The maximum atomic E-state index is 11.3. The van der Waals surface area contributed by atoms with Crippen LogP contribution < -0.4 is 4.74 Å². The molecule has 0 bridgehead atoms. The third-order valence-corrected chi connectivity index (χ3v) is 7.08. The van der Waals surface area contributed by atoms with Crippen molar-refractivity contribution in [1.29, 1.82) is 0 Å². The van der Waals surface area contributed by atoms with E-state index >= 15 is 0 Å². The maximum absolute atomic E-state index is 11.3. The van der Waals surface area contributed by atoms with Crippen LogP contribution in [-0.4, -0.2) is 31.6 Å². The molecule has 0 heterocycles. The highest BCUT2D eigenvalue weighted by Crippen LogP contribution is 2.60. The smallest absolute Gasteiger partial charge is 0.341 e. The fraction of sp³-hybridized carbons (Fsp3) is 0.571. The van der Waals surface area contributed by atoms with Gasteiger partial charge in [0.2, 0.25) is 0 Å². The third kappa shape index (κ3) is 7.62. The molecule has 0 radical (unpaired) electrons. The fourth-order valence-corrected chi connectivity index (χ4v) is 4.59. The van der Waals surface area contributed by atoms with Gasteiger partial charge in [-0.2, -0.15) is 0 Å². The Morgan fingerprint density at radius 3 is 2.26 bits per heavy atom. The van der Waals surface area contributed by atoms with Gasteiger partial charge in [0.25, 0.3) is 0 Å². The molecule has 0 aromatic heterocycles. The molecule has 0 atom stereocenters. The van der Waals surface area contributed by atoms with Gasteiger partial charge in [0.1, 0.15) is 5.75 Å². The predicted molar refractivity (Wildman–Crippen MR) is 87.7 cm³/mol. The summed E-state index contributed by atoms with van der Waals surface area (Å²) in [5.74, 6) is 0.522. The zero-order valence-electron chi connectivity index (χ0n) is 13.0. The zero-order valence-corrected chi connectivity index (χ0v) is 14.8. The molecule has 1 aromatic carbocycles. The van der Waals surface area contributed by atoms with Gasteiger partial charge >= 0.3 is 15.2 Å². The van der Waals surface area contributed by atoms with E-state index in [1.54, 1.807) is 24.3 Å². The molecule has 0 fully saturated rings. The minimum atomic E-state index is -4.92.